The maximum absolute atomic E-state index is 12.7. The second-order valence-corrected chi connectivity index (χ2v) is 3.81. The van der Waals surface area contributed by atoms with Crippen LogP contribution >= 0.6 is 0 Å². The molecule has 90 valence electrons. The van der Waals surface area contributed by atoms with Gasteiger partial charge in [0.15, 0.2) is 6.73 Å². The van der Waals surface area contributed by atoms with E-state index in [4.69, 9.17) is 10.5 Å². The van der Waals surface area contributed by atoms with Crippen molar-refractivity contribution in [2.45, 2.75) is 20.6 Å². The van der Waals surface area contributed by atoms with Crippen LogP contribution in [0.4, 0.5) is 10.1 Å². The van der Waals surface area contributed by atoms with Crippen molar-refractivity contribution in [3.63, 3.8) is 0 Å². The quantitative estimate of drug-likeness (QED) is 0.887. The highest BCUT2D eigenvalue weighted by atomic mass is 19.1. The number of anilines is 1. The first kappa shape index (κ1) is 11.4. The molecule has 5 heteroatoms. The van der Waals surface area contributed by atoms with Crippen LogP contribution in [0.15, 0.2) is 24.3 Å². The second-order valence-electron chi connectivity index (χ2n) is 3.81. The Hall–Kier alpha value is -2.04. The zero-order valence-corrected chi connectivity index (χ0v) is 9.77. The van der Waals surface area contributed by atoms with Crippen molar-refractivity contribution < 1.29 is 9.13 Å². The van der Waals surface area contributed by atoms with Crippen molar-refractivity contribution in [3.8, 4) is 5.75 Å². The number of halogens is 1. The van der Waals surface area contributed by atoms with Gasteiger partial charge in [-0.1, -0.05) is 0 Å². The molecule has 1 heterocycles. The maximum Gasteiger partial charge on any atom is 0.181 e. The van der Waals surface area contributed by atoms with Crippen molar-refractivity contribution in [1.29, 1.82) is 0 Å². The molecule has 17 heavy (non-hydrogen) atoms. The molecule has 0 aliphatic carbocycles. The summed E-state index contributed by atoms with van der Waals surface area (Å²) in [6.45, 7) is 3.98. The van der Waals surface area contributed by atoms with Gasteiger partial charge in [-0.05, 0) is 38.1 Å². The first-order valence-corrected chi connectivity index (χ1v) is 5.26. The summed E-state index contributed by atoms with van der Waals surface area (Å²) in [7, 11) is 0. The van der Waals surface area contributed by atoms with Crippen LogP contribution < -0.4 is 10.5 Å². The number of nitrogens with zero attached hydrogens (tertiary/aromatic N) is 2. The molecular weight excluding hydrogens is 221 g/mol. The summed E-state index contributed by atoms with van der Waals surface area (Å²) in [5, 5.41) is 4.23. The van der Waals surface area contributed by atoms with Crippen molar-refractivity contribution in [1.82, 2.24) is 9.78 Å². The highest BCUT2D eigenvalue weighted by Gasteiger charge is 2.07. The smallest absolute Gasteiger partial charge is 0.181 e. The summed E-state index contributed by atoms with van der Waals surface area (Å²) in [6, 6.07) is 5.85. The van der Waals surface area contributed by atoms with Crippen molar-refractivity contribution in [3.05, 3.63) is 41.5 Å². The van der Waals surface area contributed by atoms with Crippen LogP contribution in [0.25, 0.3) is 0 Å². The average molecular weight is 235 g/mol. The van der Waals surface area contributed by atoms with Crippen LogP contribution in [-0.2, 0) is 6.73 Å². The van der Waals surface area contributed by atoms with E-state index in [0.29, 0.717) is 11.4 Å². The second kappa shape index (κ2) is 4.45. The van der Waals surface area contributed by atoms with E-state index >= 15 is 0 Å². The molecule has 1 aromatic carbocycles. The van der Waals surface area contributed by atoms with Gasteiger partial charge in [0, 0.05) is 0 Å². The number of ether oxygens (including phenoxy) is 1. The fraction of sp³-hybridized carbons (Fsp3) is 0.250. The Kier molecular flexibility index (Phi) is 2.99. The Morgan fingerprint density at radius 1 is 1.29 bits per heavy atom. The molecule has 0 aliphatic rings. The Labute approximate surface area is 98.8 Å². The Balaban J connectivity index is 2.07. The van der Waals surface area contributed by atoms with Gasteiger partial charge in [-0.3, -0.25) is 0 Å². The lowest BCUT2D eigenvalue weighted by Gasteiger charge is -2.07. The van der Waals surface area contributed by atoms with Gasteiger partial charge in [-0.25, -0.2) is 9.07 Å². The molecule has 2 aromatic rings. The SMILES string of the molecule is Cc1nn(COc2ccc(F)cc2)c(C)c1N. The number of rotatable bonds is 3. The molecular formula is C12H14FN3O. The van der Waals surface area contributed by atoms with E-state index in [1.54, 1.807) is 16.8 Å². The zero-order valence-electron chi connectivity index (χ0n) is 9.77. The van der Waals surface area contributed by atoms with Crippen molar-refractivity contribution >= 4 is 5.69 Å². The minimum atomic E-state index is -0.285. The summed E-state index contributed by atoms with van der Waals surface area (Å²) in [5.41, 5.74) is 8.12. The normalized spacial score (nSPS) is 10.5. The zero-order chi connectivity index (χ0) is 12.4. The summed E-state index contributed by atoms with van der Waals surface area (Å²) in [5.74, 6) is 0.310. The number of hydrogen-bond acceptors (Lipinski definition) is 3. The molecule has 0 saturated heterocycles. The van der Waals surface area contributed by atoms with Crippen LogP contribution in [0, 0.1) is 19.7 Å². The summed E-state index contributed by atoms with van der Waals surface area (Å²) >= 11 is 0. The topological polar surface area (TPSA) is 53.1 Å². The Morgan fingerprint density at radius 2 is 1.94 bits per heavy atom. The largest absolute Gasteiger partial charge is 0.471 e. The summed E-state index contributed by atoms with van der Waals surface area (Å²) < 4.78 is 19.8. The lowest BCUT2D eigenvalue weighted by atomic mass is 10.3. The maximum atomic E-state index is 12.7. The minimum Gasteiger partial charge on any atom is -0.471 e. The summed E-state index contributed by atoms with van der Waals surface area (Å²) in [6.07, 6.45) is 0. The van der Waals surface area contributed by atoms with Gasteiger partial charge in [0.25, 0.3) is 0 Å². The minimum absolute atomic E-state index is 0.259. The molecule has 0 atom stereocenters. The lowest BCUT2D eigenvalue weighted by molar-refractivity contribution is 0.217. The van der Waals surface area contributed by atoms with Gasteiger partial charge in [-0.2, -0.15) is 5.10 Å². The van der Waals surface area contributed by atoms with Crippen molar-refractivity contribution in [2.75, 3.05) is 5.73 Å². The van der Waals surface area contributed by atoms with Crippen molar-refractivity contribution in [2.24, 2.45) is 0 Å². The molecule has 2 N–H and O–H groups in total. The van der Waals surface area contributed by atoms with E-state index in [2.05, 4.69) is 5.10 Å². The number of aromatic nitrogens is 2. The predicted molar refractivity (Wildman–Crippen MR) is 63.1 cm³/mol. The third-order valence-corrected chi connectivity index (χ3v) is 2.60. The van der Waals surface area contributed by atoms with E-state index < -0.39 is 0 Å². The molecule has 1 aromatic heterocycles. The molecule has 0 saturated carbocycles. The molecule has 0 radical (unpaired) electrons. The van der Waals surface area contributed by atoms with Gasteiger partial charge in [0.2, 0.25) is 0 Å². The van der Waals surface area contributed by atoms with E-state index in [1.165, 1.54) is 12.1 Å². The van der Waals surface area contributed by atoms with Gasteiger partial charge in [0.1, 0.15) is 11.6 Å². The van der Waals surface area contributed by atoms with Gasteiger partial charge in [0.05, 0.1) is 17.1 Å². The van der Waals surface area contributed by atoms with E-state index in [-0.39, 0.29) is 12.5 Å². The molecule has 0 aliphatic heterocycles. The molecule has 0 amide bonds. The third kappa shape index (κ3) is 2.38. The molecule has 4 nitrogen and oxygen atoms in total. The number of aryl methyl sites for hydroxylation is 1. The monoisotopic (exact) mass is 235 g/mol. The first-order valence-electron chi connectivity index (χ1n) is 5.26. The first-order chi connectivity index (χ1) is 8.08. The molecule has 0 spiro atoms. The highest BCUT2D eigenvalue weighted by molar-refractivity contribution is 5.46. The van der Waals surface area contributed by atoms with Crippen LogP contribution in [-0.4, -0.2) is 9.78 Å². The van der Waals surface area contributed by atoms with E-state index in [9.17, 15) is 4.39 Å². The Morgan fingerprint density at radius 3 is 2.47 bits per heavy atom. The average Bonchev–Trinajstić information content (AvgIpc) is 2.56. The van der Waals surface area contributed by atoms with Gasteiger partial charge >= 0.3 is 0 Å². The number of nitrogen functional groups attached to an aromatic ring is 1. The van der Waals surface area contributed by atoms with Crippen LogP contribution in [0.2, 0.25) is 0 Å². The molecule has 0 unspecified atom stereocenters. The lowest BCUT2D eigenvalue weighted by Crippen LogP contribution is -2.08. The van der Waals surface area contributed by atoms with E-state index in [1.807, 2.05) is 13.8 Å². The summed E-state index contributed by atoms with van der Waals surface area (Å²) in [4.78, 5) is 0. The van der Waals surface area contributed by atoms with Crippen LogP contribution in [0.1, 0.15) is 11.4 Å². The van der Waals surface area contributed by atoms with Gasteiger partial charge in [-0.15, -0.1) is 0 Å². The highest BCUT2D eigenvalue weighted by Crippen LogP contribution is 2.16. The molecule has 0 fully saturated rings. The predicted octanol–water partition coefficient (Wildman–Crippen LogP) is 2.26. The molecule has 0 bridgehead atoms. The Bertz CT molecular complexity index is 519. The van der Waals surface area contributed by atoms with Crippen LogP contribution in [0.3, 0.4) is 0 Å². The fourth-order valence-corrected chi connectivity index (χ4v) is 1.50. The standard InChI is InChI=1S/C12H14FN3O/c1-8-12(14)9(2)16(15-8)7-17-11-5-3-10(13)4-6-11/h3-6H,7,14H2,1-2H3. The van der Waals surface area contributed by atoms with Crippen LogP contribution in [0.5, 0.6) is 5.75 Å². The van der Waals surface area contributed by atoms with E-state index in [0.717, 1.165) is 11.4 Å². The number of benzene rings is 1. The third-order valence-electron chi connectivity index (χ3n) is 2.60. The molecule has 2 rings (SSSR count). The van der Waals surface area contributed by atoms with Gasteiger partial charge < -0.3 is 10.5 Å². The fourth-order valence-electron chi connectivity index (χ4n) is 1.50. The number of hydrogen-bond donors (Lipinski definition) is 1. The number of nitrogens with two attached hydrogens (primary N) is 1.